The van der Waals surface area contributed by atoms with E-state index in [1.807, 2.05) is 13.0 Å². The predicted molar refractivity (Wildman–Crippen MR) is 75.2 cm³/mol. The van der Waals surface area contributed by atoms with Crippen LogP contribution in [0.15, 0.2) is 18.2 Å². The zero-order valence-corrected chi connectivity index (χ0v) is 11.3. The van der Waals surface area contributed by atoms with E-state index in [2.05, 4.69) is 18.2 Å². The summed E-state index contributed by atoms with van der Waals surface area (Å²) in [5, 5.41) is 3.34. The molecule has 2 nitrogen and oxygen atoms in total. The molecule has 0 aromatic heterocycles. The first-order valence-corrected chi connectivity index (χ1v) is 6.27. The van der Waals surface area contributed by atoms with Crippen molar-refractivity contribution in [1.82, 2.24) is 5.32 Å². The quantitative estimate of drug-likeness (QED) is 0.779. The number of hydrogen-bond acceptors (Lipinski definition) is 2. The Morgan fingerprint density at radius 2 is 2.22 bits per heavy atom. The van der Waals surface area contributed by atoms with Crippen LogP contribution in [0.1, 0.15) is 31.9 Å². The first-order chi connectivity index (χ1) is 8.60. The summed E-state index contributed by atoms with van der Waals surface area (Å²) in [5.41, 5.74) is 1.50. The molecule has 0 aliphatic carbocycles. The van der Waals surface area contributed by atoms with Gasteiger partial charge in [-0.05, 0) is 37.6 Å². The largest absolute Gasteiger partial charge is 0.361 e. The maximum Gasteiger partial charge on any atom is 0.146 e. The van der Waals surface area contributed by atoms with Gasteiger partial charge in [0.15, 0.2) is 0 Å². The topological polar surface area (TPSA) is 15.3 Å². The number of hydrogen-bond donors (Lipinski definition) is 1. The normalized spacial score (nSPS) is 11.9. The third-order valence-corrected chi connectivity index (χ3v) is 2.91. The number of anilines is 1. The number of terminal acetylenes is 1. The molecule has 1 aromatic carbocycles. The molecule has 0 fully saturated rings. The highest BCUT2D eigenvalue weighted by molar-refractivity contribution is 5.49. The van der Waals surface area contributed by atoms with Gasteiger partial charge in [-0.2, -0.15) is 0 Å². The van der Waals surface area contributed by atoms with Gasteiger partial charge in [0, 0.05) is 13.1 Å². The first kappa shape index (κ1) is 14.5. The van der Waals surface area contributed by atoms with E-state index in [1.54, 1.807) is 24.1 Å². The standard InChI is InChI=1S/C15H21FN2/c1-5-9-17-12(3)13-7-8-15(14(16)11-13)18(4)10-6-2/h2,7-8,11-12,17H,5,9-10H2,1,3-4H3. The average Bonchev–Trinajstić information content (AvgIpc) is 2.35. The van der Waals surface area contributed by atoms with E-state index >= 15 is 0 Å². The third kappa shape index (κ3) is 3.75. The Morgan fingerprint density at radius 3 is 2.78 bits per heavy atom. The Kier molecular flexibility index (Phi) is 5.67. The fraction of sp³-hybridized carbons (Fsp3) is 0.467. The van der Waals surface area contributed by atoms with E-state index < -0.39 is 0 Å². The van der Waals surface area contributed by atoms with Gasteiger partial charge in [0.05, 0.1) is 12.2 Å². The first-order valence-electron chi connectivity index (χ1n) is 6.27. The van der Waals surface area contributed by atoms with Gasteiger partial charge in [-0.25, -0.2) is 4.39 Å². The summed E-state index contributed by atoms with van der Waals surface area (Å²) in [6.07, 6.45) is 6.29. The minimum Gasteiger partial charge on any atom is -0.361 e. The highest BCUT2D eigenvalue weighted by atomic mass is 19.1. The van der Waals surface area contributed by atoms with Crippen LogP contribution in [-0.2, 0) is 0 Å². The zero-order valence-electron chi connectivity index (χ0n) is 11.3. The minimum absolute atomic E-state index is 0.159. The Morgan fingerprint density at radius 1 is 1.50 bits per heavy atom. The highest BCUT2D eigenvalue weighted by Crippen LogP contribution is 2.22. The lowest BCUT2D eigenvalue weighted by molar-refractivity contribution is 0.562. The van der Waals surface area contributed by atoms with Gasteiger partial charge in [0.1, 0.15) is 5.82 Å². The van der Waals surface area contributed by atoms with Crippen molar-refractivity contribution in [3.05, 3.63) is 29.6 Å². The second-order valence-corrected chi connectivity index (χ2v) is 4.45. The zero-order chi connectivity index (χ0) is 13.5. The highest BCUT2D eigenvalue weighted by Gasteiger charge is 2.10. The molecule has 0 aliphatic heterocycles. The Labute approximate surface area is 109 Å². The van der Waals surface area contributed by atoms with Gasteiger partial charge >= 0.3 is 0 Å². The molecular weight excluding hydrogens is 227 g/mol. The van der Waals surface area contributed by atoms with Crippen molar-refractivity contribution < 1.29 is 4.39 Å². The summed E-state index contributed by atoms with van der Waals surface area (Å²) in [7, 11) is 1.79. The number of halogens is 1. The van der Waals surface area contributed by atoms with Gasteiger partial charge in [0.25, 0.3) is 0 Å². The lowest BCUT2D eigenvalue weighted by atomic mass is 10.1. The van der Waals surface area contributed by atoms with Crippen LogP contribution >= 0.6 is 0 Å². The van der Waals surface area contributed by atoms with Crippen LogP contribution in [0, 0.1) is 18.2 Å². The molecule has 0 bridgehead atoms. The molecule has 18 heavy (non-hydrogen) atoms. The average molecular weight is 248 g/mol. The molecule has 0 amide bonds. The van der Waals surface area contributed by atoms with E-state index in [1.165, 1.54) is 0 Å². The van der Waals surface area contributed by atoms with Crippen molar-refractivity contribution in [3.63, 3.8) is 0 Å². The molecule has 1 rings (SSSR count). The lowest BCUT2D eigenvalue weighted by Crippen LogP contribution is -2.21. The monoisotopic (exact) mass is 248 g/mol. The van der Waals surface area contributed by atoms with Crippen LogP contribution in [0.5, 0.6) is 0 Å². The van der Waals surface area contributed by atoms with E-state index in [-0.39, 0.29) is 11.9 Å². The third-order valence-electron chi connectivity index (χ3n) is 2.91. The van der Waals surface area contributed by atoms with Gasteiger partial charge in [-0.1, -0.05) is 18.9 Å². The lowest BCUT2D eigenvalue weighted by Gasteiger charge is -2.19. The summed E-state index contributed by atoms with van der Waals surface area (Å²) in [6.45, 7) is 5.48. The summed E-state index contributed by atoms with van der Waals surface area (Å²) >= 11 is 0. The van der Waals surface area contributed by atoms with Crippen molar-refractivity contribution in [3.8, 4) is 12.3 Å². The molecule has 0 radical (unpaired) electrons. The molecule has 1 N–H and O–H groups in total. The van der Waals surface area contributed by atoms with E-state index in [9.17, 15) is 4.39 Å². The fourth-order valence-electron chi connectivity index (χ4n) is 1.80. The summed E-state index contributed by atoms with van der Waals surface area (Å²) in [5.74, 6) is 2.28. The number of rotatable bonds is 6. The molecule has 0 aliphatic rings. The molecule has 0 saturated heterocycles. The number of nitrogens with one attached hydrogen (secondary N) is 1. The summed E-state index contributed by atoms with van der Waals surface area (Å²) in [6, 6.07) is 5.46. The molecule has 1 aromatic rings. The molecule has 0 spiro atoms. The van der Waals surface area contributed by atoms with Crippen LogP contribution in [-0.4, -0.2) is 20.1 Å². The molecule has 1 unspecified atom stereocenters. The molecule has 0 saturated carbocycles. The molecule has 1 atom stereocenters. The van der Waals surface area contributed by atoms with Gasteiger partial charge < -0.3 is 10.2 Å². The van der Waals surface area contributed by atoms with Crippen molar-refractivity contribution in [2.75, 3.05) is 25.0 Å². The number of benzene rings is 1. The maximum atomic E-state index is 14.0. The van der Waals surface area contributed by atoms with Gasteiger partial charge in [-0.3, -0.25) is 0 Å². The van der Waals surface area contributed by atoms with Crippen molar-refractivity contribution in [1.29, 1.82) is 0 Å². The van der Waals surface area contributed by atoms with Gasteiger partial charge in [-0.15, -0.1) is 6.42 Å². The van der Waals surface area contributed by atoms with Gasteiger partial charge in [0.2, 0.25) is 0 Å². The number of nitrogens with zero attached hydrogens (tertiary/aromatic N) is 1. The SMILES string of the molecule is C#CCN(C)c1ccc(C(C)NCCC)cc1F. The van der Waals surface area contributed by atoms with Crippen molar-refractivity contribution >= 4 is 5.69 Å². The maximum absolute atomic E-state index is 14.0. The molecule has 3 heteroatoms. The van der Waals surface area contributed by atoms with E-state index in [4.69, 9.17) is 6.42 Å². The minimum atomic E-state index is -0.226. The van der Waals surface area contributed by atoms with E-state index in [0.717, 1.165) is 18.5 Å². The molecule has 98 valence electrons. The summed E-state index contributed by atoms with van der Waals surface area (Å²) in [4.78, 5) is 1.73. The van der Waals surface area contributed by atoms with Crippen LogP contribution in [0.3, 0.4) is 0 Å². The van der Waals surface area contributed by atoms with Crippen molar-refractivity contribution in [2.24, 2.45) is 0 Å². The Bertz CT molecular complexity index is 423. The fourth-order valence-corrected chi connectivity index (χ4v) is 1.80. The van der Waals surface area contributed by atoms with Crippen LogP contribution in [0.2, 0.25) is 0 Å². The molecular formula is C15H21FN2. The second kappa shape index (κ2) is 7.03. The Balaban J connectivity index is 2.82. The summed E-state index contributed by atoms with van der Waals surface area (Å²) < 4.78 is 14.0. The van der Waals surface area contributed by atoms with Crippen LogP contribution in [0.4, 0.5) is 10.1 Å². The predicted octanol–water partition coefficient (Wildman–Crippen LogP) is 2.96. The van der Waals surface area contributed by atoms with Crippen molar-refractivity contribution in [2.45, 2.75) is 26.3 Å². The Hall–Kier alpha value is -1.53. The van der Waals surface area contributed by atoms with E-state index in [0.29, 0.717) is 12.2 Å². The molecule has 0 heterocycles. The second-order valence-electron chi connectivity index (χ2n) is 4.45. The van der Waals surface area contributed by atoms with Crippen LogP contribution < -0.4 is 10.2 Å². The smallest absolute Gasteiger partial charge is 0.146 e. The van der Waals surface area contributed by atoms with Crippen LogP contribution in [0.25, 0.3) is 0 Å².